The van der Waals surface area contributed by atoms with Crippen LogP contribution in [0.4, 0.5) is 0 Å². The average molecular weight is 293 g/mol. The first-order chi connectivity index (χ1) is 10.2. The highest BCUT2D eigenvalue weighted by molar-refractivity contribution is 5.82. The molecule has 4 heteroatoms. The van der Waals surface area contributed by atoms with Gasteiger partial charge in [-0.05, 0) is 58.2 Å². The Morgan fingerprint density at radius 1 is 1.00 bits per heavy atom. The Labute approximate surface area is 129 Å². The molecule has 0 unspecified atom stereocenters. The lowest BCUT2D eigenvalue weighted by Gasteiger charge is -2.39. The zero-order chi connectivity index (χ0) is 14.8. The number of piperidine rings is 1. The van der Waals surface area contributed by atoms with Crippen LogP contribution in [0.15, 0.2) is 0 Å². The van der Waals surface area contributed by atoms with Gasteiger partial charge < -0.3 is 9.80 Å². The fraction of sp³-hybridized carbons (Fsp3) is 0.941. The molecule has 2 saturated heterocycles. The summed E-state index contributed by atoms with van der Waals surface area (Å²) in [7, 11) is 0. The number of carbonyl (C=O) groups is 1. The van der Waals surface area contributed by atoms with Gasteiger partial charge in [0, 0.05) is 25.2 Å². The van der Waals surface area contributed by atoms with Crippen molar-refractivity contribution in [2.45, 2.75) is 70.5 Å². The van der Waals surface area contributed by atoms with Gasteiger partial charge in [-0.3, -0.25) is 9.69 Å². The second kappa shape index (κ2) is 6.66. The number of amides is 1. The quantitative estimate of drug-likeness (QED) is 0.775. The van der Waals surface area contributed by atoms with Crippen molar-refractivity contribution in [3.63, 3.8) is 0 Å². The Hall–Kier alpha value is -0.610. The van der Waals surface area contributed by atoms with Gasteiger partial charge in [-0.25, -0.2) is 0 Å². The van der Waals surface area contributed by atoms with E-state index in [2.05, 4.69) is 28.5 Å². The molecule has 2 aliphatic heterocycles. The molecule has 0 N–H and O–H groups in total. The normalized spacial score (nSPS) is 28.5. The van der Waals surface area contributed by atoms with Crippen molar-refractivity contribution in [1.29, 1.82) is 0 Å². The Balaban J connectivity index is 1.53. The van der Waals surface area contributed by atoms with Crippen LogP contribution < -0.4 is 0 Å². The van der Waals surface area contributed by atoms with Crippen LogP contribution in [0, 0.1) is 0 Å². The van der Waals surface area contributed by atoms with Crippen LogP contribution >= 0.6 is 0 Å². The number of carbonyl (C=O) groups excluding carboxylic acids is 1. The Morgan fingerprint density at radius 3 is 2.24 bits per heavy atom. The summed E-state index contributed by atoms with van der Waals surface area (Å²) in [5.41, 5.74) is 0. The van der Waals surface area contributed by atoms with Crippen LogP contribution in [0.25, 0.3) is 0 Å². The van der Waals surface area contributed by atoms with Crippen LogP contribution in [0.3, 0.4) is 0 Å². The SMILES string of the molecule is CCN(CC)C1CCN(C(=O)[C@H]2CCCN2C2CC2)CC1. The Bertz CT molecular complexity index is 357. The third kappa shape index (κ3) is 3.26. The van der Waals surface area contributed by atoms with Crippen LogP contribution in [-0.2, 0) is 4.79 Å². The molecule has 21 heavy (non-hydrogen) atoms. The molecule has 0 spiro atoms. The molecular formula is C17H31N3O. The third-order valence-electron chi connectivity index (χ3n) is 5.70. The summed E-state index contributed by atoms with van der Waals surface area (Å²) in [6, 6.07) is 1.63. The first kappa shape index (κ1) is 15.3. The minimum atomic E-state index is 0.211. The van der Waals surface area contributed by atoms with Gasteiger partial charge >= 0.3 is 0 Å². The fourth-order valence-corrected chi connectivity index (χ4v) is 4.30. The summed E-state index contributed by atoms with van der Waals surface area (Å²) in [6.07, 6.45) is 7.24. The largest absolute Gasteiger partial charge is 0.341 e. The van der Waals surface area contributed by atoms with Crippen molar-refractivity contribution >= 4 is 5.91 Å². The van der Waals surface area contributed by atoms with Crippen LogP contribution in [0.5, 0.6) is 0 Å². The van der Waals surface area contributed by atoms with Crippen molar-refractivity contribution in [2.75, 3.05) is 32.7 Å². The first-order valence-electron chi connectivity index (χ1n) is 9.03. The fourth-order valence-electron chi connectivity index (χ4n) is 4.30. The van der Waals surface area contributed by atoms with Crippen molar-refractivity contribution in [2.24, 2.45) is 0 Å². The molecule has 1 aliphatic carbocycles. The zero-order valence-electron chi connectivity index (χ0n) is 13.8. The minimum absolute atomic E-state index is 0.211. The van der Waals surface area contributed by atoms with E-state index in [1.54, 1.807) is 0 Å². The number of hydrogen-bond acceptors (Lipinski definition) is 3. The highest BCUT2D eigenvalue weighted by atomic mass is 16.2. The minimum Gasteiger partial charge on any atom is -0.341 e. The summed E-state index contributed by atoms with van der Waals surface area (Å²) < 4.78 is 0. The Kier molecular flexibility index (Phi) is 4.85. The topological polar surface area (TPSA) is 26.8 Å². The molecule has 0 radical (unpaired) electrons. The van der Waals surface area contributed by atoms with Gasteiger partial charge in [0.15, 0.2) is 0 Å². The number of likely N-dealkylation sites (tertiary alicyclic amines) is 2. The average Bonchev–Trinajstić information content (AvgIpc) is 3.25. The summed E-state index contributed by atoms with van der Waals surface area (Å²) in [5.74, 6) is 0.428. The maximum absolute atomic E-state index is 12.8. The van der Waals surface area contributed by atoms with Crippen molar-refractivity contribution in [1.82, 2.24) is 14.7 Å². The molecule has 0 aromatic heterocycles. The van der Waals surface area contributed by atoms with Gasteiger partial charge in [-0.15, -0.1) is 0 Å². The van der Waals surface area contributed by atoms with Crippen molar-refractivity contribution < 1.29 is 4.79 Å². The maximum atomic E-state index is 12.8. The Morgan fingerprint density at radius 2 is 1.67 bits per heavy atom. The summed E-state index contributed by atoms with van der Waals surface area (Å²) in [4.78, 5) is 20.0. The summed E-state index contributed by atoms with van der Waals surface area (Å²) >= 11 is 0. The molecular weight excluding hydrogens is 262 g/mol. The monoisotopic (exact) mass is 293 g/mol. The molecule has 120 valence electrons. The zero-order valence-corrected chi connectivity index (χ0v) is 13.8. The predicted octanol–water partition coefficient (Wildman–Crippen LogP) is 1.95. The van der Waals surface area contributed by atoms with Crippen LogP contribution in [0.2, 0.25) is 0 Å². The highest BCUT2D eigenvalue weighted by Gasteiger charge is 2.42. The molecule has 3 aliphatic rings. The lowest BCUT2D eigenvalue weighted by molar-refractivity contribution is -0.137. The smallest absolute Gasteiger partial charge is 0.239 e. The number of hydrogen-bond donors (Lipinski definition) is 0. The maximum Gasteiger partial charge on any atom is 0.239 e. The predicted molar refractivity (Wildman–Crippen MR) is 85.3 cm³/mol. The molecule has 3 rings (SSSR count). The van der Waals surface area contributed by atoms with Crippen LogP contribution in [0.1, 0.15) is 52.4 Å². The summed E-state index contributed by atoms with van der Waals surface area (Å²) in [5, 5.41) is 0. The van der Waals surface area contributed by atoms with Crippen LogP contribution in [-0.4, -0.2) is 71.5 Å². The van der Waals surface area contributed by atoms with Gasteiger partial charge in [0.25, 0.3) is 0 Å². The van der Waals surface area contributed by atoms with E-state index in [4.69, 9.17) is 0 Å². The highest BCUT2D eigenvalue weighted by Crippen LogP contribution is 2.34. The third-order valence-corrected chi connectivity index (χ3v) is 5.70. The number of nitrogens with zero attached hydrogens (tertiary/aromatic N) is 3. The molecule has 1 saturated carbocycles. The molecule has 3 fully saturated rings. The molecule has 0 bridgehead atoms. The van der Waals surface area contributed by atoms with Gasteiger partial charge in [-0.1, -0.05) is 13.8 Å². The van der Waals surface area contributed by atoms with E-state index < -0.39 is 0 Å². The molecule has 2 heterocycles. The molecule has 1 atom stereocenters. The van der Waals surface area contributed by atoms with Crippen molar-refractivity contribution in [3.05, 3.63) is 0 Å². The van der Waals surface area contributed by atoms with Gasteiger partial charge in [0.05, 0.1) is 6.04 Å². The molecule has 0 aromatic rings. The first-order valence-corrected chi connectivity index (χ1v) is 9.03. The van der Waals surface area contributed by atoms with Crippen molar-refractivity contribution in [3.8, 4) is 0 Å². The standard InChI is InChI=1S/C17H31N3O/c1-3-18(4-2)14-9-12-19(13-10-14)17(21)16-6-5-11-20(16)15-7-8-15/h14-16H,3-13H2,1-2H3/t16-/m1/s1. The van der Waals surface area contributed by atoms with E-state index in [9.17, 15) is 4.79 Å². The van der Waals surface area contributed by atoms with Gasteiger partial charge in [-0.2, -0.15) is 0 Å². The van der Waals surface area contributed by atoms with E-state index in [0.717, 1.165) is 58.0 Å². The molecule has 1 amide bonds. The molecule has 0 aromatic carbocycles. The van der Waals surface area contributed by atoms with E-state index in [1.807, 2.05) is 0 Å². The summed E-state index contributed by atoms with van der Waals surface area (Å²) in [6.45, 7) is 9.83. The number of rotatable bonds is 5. The van der Waals surface area contributed by atoms with E-state index in [-0.39, 0.29) is 6.04 Å². The van der Waals surface area contributed by atoms with Gasteiger partial charge in [0.2, 0.25) is 5.91 Å². The van der Waals surface area contributed by atoms with Gasteiger partial charge in [0.1, 0.15) is 0 Å². The lowest BCUT2D eigenvalue weighted by atomic mass is 10.0. The van der Waals surface area contributed by atoms with E-state index in [0.29, 0.717) is 11.9 Å². The second-order valence-corrected chi connectivity index (χ2v) is 6.90. The van der Waals surface area contributed by atoms with E-state index in [1.165, 1.54) is 19.3 Å². The lowest BCUT2D eigenvalue weighted by Crippen LogP contribution is -2.52. The second-order valence-electron chi connectivity index (χ2n) is 6.90. The molecule has 4 nitrogen and oxygen atoms in total. The van der Waals surface area contributed by atoms with E-state index >= 15 is 0 Å².